The molecule has 0 amide bonds. The summed E-state index contributed by atoms with van der Waals surface area (Å²) in [5, 5.41) is 3.40. The van der Waals surface area contributed by atoms with Crippen molar-refractivity contribution in [2.24, 2.45) is 0 Å². The van der Waals surface area contributed by atoms with Crippen molar-refractivity contribution in [2.45, 2.75) is 12.5 Å². The zero-order chi connectivity index (χ0) is 18.3. The molecule has 26 heavy (non-hydrogen) atoms. The maximum absolute atomic E-state index is 12.7. The Morgan fingerprint density at radius 3 is 2.42 bits per heavy atom. The Kier molecular flexibility index (Phi) is 3.99. The number of nitrogens with one attached hydrogen (secondary N) is 1. The van der Waals surface area contributed by atoms with E-state index in [1.54, 1.807) is 39.5 Å². The number of ether oxygens (including phenoxy) is 5. The number of ketones is 1. The number of rotatable bonds is 4. The highest BCUT2D eigenvalue weighted by Gasteiger charge is 2.31. The van der Waals surface area contributed by atoms with E-state index in [0.29, 0.717) is 46.4 Å². The van der Waals surface area contributed by atoms with Crippen molar-refractivity contribution < 1.29 is 28.5 Å². The molecular weight excluding hydrogens is 338 g/mol. The minimum absolute atomic E-state index is 0.0267. The molecule has 0 radical (unpaired) electrons. The molecular formula is C19H19NO6. The lowest BCUT2D eigenvalue weighted by molar-refractivity contribution is 0.0971. The highest BCUT2D eigenvalue weighted by molar-refractivity contribution is 6.04. The lowest BCUT2D eigenvalue weighted by atomic mass is 9.91. The van der Waals surface area contributed by atoms with Gasteiger partial charge in [-0.2, -0.15) is 0 Å². The first kappa shape index (κ1) is 16.4. The van der Waals surface area contributed by atoms with Crippen LogP contribution in [-0.4, -0.2) is 33.9 Å². The second kappa shape index (κ2) is 6.33. The maximum Gasteiger partial charge on any atom is 0.231 e. The molecule has 1 atom stereocenters. The molecule has 0 aliphatic carbocycles. The molecule has 0 aromatic heterocycles. The molecule has 2 aliphatic heterocycles. The Bertz CT molecular complexity index is 879. The van der Waals surface area contributed by atoms with Gasteiger partial charge >= 0.3 is 0 Å². The van der Waals surface area contributed by atoms with Gasteiger partial charge in [-0.15, -0.1) is 0 Å². The van der Waals surface area contributed by atoms with Crippen LogP contribution in [0.5, 0.6) is 28.7 Å². The molecule has 4 rings (SSSR count). The standard InChI is InChI=1S/C19H19NO6/c1-22-15-5-4-10(18(23-2)19(15)24-3)12-7-14(21)11-6-16-17(26-9-25-16)8-13(11)20-12/h4-6,8,12,20H,7,9H2,1-3H3/t12-/m1/s1. The zero-order valence-electron chi connectivity index (χ0n) is 14.8. The average molecular weight is 357 g/mol. The summed E-state index contributed by atoms with van der Waals surface area (Å²) in [6.45, 7) is 0.166. The molecule has 7 heteroatoms. The van der Waals surface area contributed by atoms with Crippen molar-refractivity contribution in [3.8, 4) is 28.7 Å². The molecule has 0 unspecified atom stereocenters. The van der Waals surface area contributed by atoms with E-state index >= 15 is 0 Å². The Morgan fingerprint density at radius 2 is 1.73 bits per heavy atom. The molecule has 0 saturated heterocycles. The lowest BCUT2D eigenvalue weighted by Gasteiger charge is -2.28. The van der Waals surface area contributed by atoms with E-state index in [4.69, 9.17) is 23.7 Å². The van der Waals surface area contributed by atoms with Gasteiger partial charge in [-0.25, -0.2) is 0 Å². The third-order valence-corrected chi connectivity index (χ3v) is 4.64. The number of Topliss-reactive ketones (excluding diaryl/α,β-unsaturated/α-hetero) is 1. The van der Waals surface area contributed by atoms with Crippen LogP contribution in [0.2, 0.25) is 0 Å². The van der Waals surface area contributed by atoms with Gasteiger partial charge in [-0.05, 0) is 18.2 Å². The van der Waals surface area contributed by atoms with Crippen LogP contribution in [0, 0.1) is 0 Å². The summed E-state index contributed by atoms with van der Waals surface area (Å²) in [4.78, 5) is 12.7. The second-order valence-corrected chi connectivity index (χ2v) is 6.00. The van der Waals surface area contributed by atoms with Crippen LogP contribution in [-0.2, 0) is 0 Å². The summed E-state index contributed by atoms with van der Waals surface area (Å²) in [7, 11) is 4.69. The van der Waals surface area contributed by atoms with Gasteiger partial charge in [-0.3, -0.25) is 4.79 Å². The van der Waals surface area contributed by atoms with Crippen molar-refractivity contribution >= 4 is 11.5 Å². The van der Waals surface area contributed by atoms with Gasteiger partial charge in [0.1, 0.15) is 0 Å². The second-order valence-electron chi connectivity index (χ2n) is 6.00. The molecule has 2 aromatic carbocycles. The average Bonchev–Trinajstić information content (AvgIpc) is 3.12. The molecule has 2 aromatic rings. The fourth-order valence-corrected chi connectivity index (χ4v) is 3.41. The van der Waals surface area contributed by atoms with Gasteiger partial charge in [0, 0.05) is 29.3 Å². The third kappa shape index (κ3) is 2.47. The van der Waals surface area contributed by atoms with Crippen molar-refractivity contribution in [1.29, 1.82) is 0 Å². The first-order valence-corrected chi connectivity index (χ1v) is 8.18. The minimum atomic E-state index is -0.259. The van der Waals surface area contributed by atoms with E-state index < -0.39 is 0 Å². The first-order valence-electron chi connectivity index (χ1n) is 8.18. The summed E-state index contributed by atoms with van der Waals surface area (Å²) in [5.41, 5.74) is 2.14. The highest BCUT2D eigenvalue weighted by Crippen LogP contribution is 2.46. The summed E-state index contributed by atoms with van der Waals surface area (Å²) in [6.07, 6.45) is 0.290. The third-order valence-electron chi connectivity index (χ3n) is 4.64. The van der Waals surface area contributed by atoms with Crippen LogP contribution in [0.25, 0.3) is 0 Å². The number of carbonyl (C=O) groups is 1. The fraction of sp³-hybridized carbons (Fsp3) is 0.316. The number of anilines is 1. The van der Waals surface area contributed by atoms with E-state index in [-0.39, 0.29) is 18.6 Å². The monoisotopic (exact) mass is 357 g/mol. The molecule has 0 fully saturated rings. The molecule has 2 aliphatic rings. The largest absolute Gasteiger partial charge is 0.493 e. The summed E-state index contributed by atoms with van der Waals surface area (Å²) >= 11 is 0. The molecule has 2 heterocycles. The van der Waals surface area contributed by atoms with Gasteiger partial charge < -0.3 is 29.0 Å². The number of hydrogen-bond donors (Lipinski definition) is 1. The van der Waals surface area contributed by atoms with Crippen molar-refractivity contribution in [3.05, 3.63) is 35.4 Å². The van der Waals surface area contributed by atoms with Gasteiger partial charge in [0.05, 0.1) is 27.4 Å². The van der Waals surface area contributed by atoms with Crippen molar-refractivity contribution in [1.82, 2.24) is 0 Å². The van der Waals surface area contributed by atoms with Gasteiger partial charge in [0.2, 0.25) is 12.5 Å². The Labute approximate surface area is 150 Å². The van der Waals surface area contributed by atoms with Crippen LogP contribution >= 0.6 is 0 Å². The maximum atomic E-state index is 12.7. The van der Waals surface area contributed by atoms with E-state index in [1.807, 2.05) is 6.07 Å². The predicted molar refractivity (Wildman–Crippen MR) is 94.0 cm³/mol. The van der Waals surface area contributed by atoms with Crippen LogP contribution in [0.4, 0.5) is 5.69 Å². The Morgan fingerprint density at radius 1 is 1.00 bits per heavy atom. The number of fused-ring (bicyclic) bond motifs is 2. The minimum Gasteiger partial charge on any atom is -0.493 e. The topological polar surface area (TPSA) is 75.3 Å². The molecule has 0 spiro atoms. The molecule has 0 saturated carbocycles. The SMILES string of the molecule is COc1ccc([C@H]2CC(=O)c3cc4c(cc3N2)OCO4)c(OC)c1OC. The van der Waals surface area contributed by atoms with Crippen molar-refractivity contribution in [3.63, 3.8) is 0 Å². The van der Waals surface area contributed by atoms with Crippen LogP contribution in [0.1, 0.15) is 28.4 Å². The molecule has 7 nitrogen and oxygen atoms in total. The predicted octanol–water partition coefficient (Wildman–Crippen LogP) is 3.18. The fourth-order valence-electron chi connectivity index (χ4n) is 3.41. The van der Waals surface area contributed by atoms with E-state index in [1.165, 1.54) is 0 Å². The summed E-state index contributed by atoms with van der Waals surface area (Å²) < 4.78 is 27.1. The van der Waals surface area contributed by atoms with E-state index in [2.05, 4.69) is 5.32 Å². The zero-order valence-corrected chi connectivity index (χ0v) is 14.8. The smallest absolute Gasteiger partial charge is 0.231 e. The quantitative estimate of drug-likeness (QED) is 0.901. The number of methoxy groups -OCH3 is 3. The van der Waals surface area contributed by atoms with Crippen LogP contribution < -0.4 is 29.0 Å². The Balaban J connectivity index is 1.75. The number of hydrogen-bond acceptors (Lipinski definition) is 7. The highest BCUT2D eigenvalue weighted by atomic mass is 16.7. The van der Waals surface area contributed by atoms with Crippen molar-refractivity contribution in [2.75, 3.05) is 33.4 Å². The first-order chi connectivity index (χ1) is 12.7. The van der Waals surface area contributed by atoms with E-state index in [9.17, 15) is 4.79 Å². The number of carbonyl (C=O) groups excluding carboxylic acids is 1. The normalized spacial score (nSPS) is 17.3. The number of benzene rings is 2. The summed E-state index contributed by atoms with van der Waals surface area (Å²) in [6, 6.07) is 6.95. The van der Waals surface area contributed by atoms with E-state index in [0.717, 1.165) is 5.56 Å². The van der Waals surface area contributed by atoms with Gasteiger partial charge in [-0.1, -0.05) is 0 Å². The lowest BCUT2D eigenvalue weighted by Crippen LogP contribution is -2.23. The van der Waals surface area contributed by atoms with Gasteiger partial charge in [0.25, 0.3) is 0 Å². The Hall–Kier alpha value is -3.09. The molecule has 136 valence electrons. The van der Waals surface area contributed by atoms with Gasteiger partial charge in [0.15, 0.2) is 28.8 Å². The molecule has 0 bridgehead atoms. The van der Waals surface area contributed by atoms with Crippen LogP contribution in [0.3, 0.4) is 0 Å². The summed E-state index contributed by atoms with van der Waals surface area (Å²) in [5.74, 6) is 2.86. The van der Waals surface area contributed by atoms with Crippen LogP contribution in [0.15, 0.2) is 24.3 Å². The molecule has 1 N–H and O–H groups in total.